The van der Waals surface area contributed by atoms with Crippen molar-refractivity contribution >= 4 is 23.4 Å². The Labute approximate surface area is 174 Å². The SMILES string of the molecule is CC(C)c1ccc(OCc2nnc(SCCOc3ccccc3Cl)n2N)cc1. The Balaban J connectivity index is 1.47. The molecule has 2 aromatic carbocycles. The highest BCUT2D eigenvalue weighted by Gasteiger charge is 2.11. The second-order valence-corrected chi connectivity index (χ2v) is 7.88. The number of para-hydroxylation sites is 1. The van der Waals surface area contributed by atoms with E-state index in [9.17, 15) is 0 Å². The summed E-state index contributed by atoms with van der Waals surface area (Å²) in [5.74, 6) is 9.23. The summed E-state index contributed by atoms with van der Waals surface area (Å²) in [7, 11) is 0. The molecule has 1 aromatic heterocycles. The number of ether oxygens (including phenoxy) is 2. The van der Waals surface area contributed by atoms with Crippen LogP contribution < -0.4 is 15.3 Å². The summed E-state index contributed by atoms with van der Waals surface area (Å²) in [6.07, 6.45) is 0. The minimum atomic E-state index is 0.251. The number of halogens is 1. The molecule has 0 amide bonds. The first-order chi connectivity index (χ1) is 13.5. The average Bonchev–Trinajstić information content (AvgIpc) is 3.05. The molecule has 0 aliphatic rings. The van der Waals surface area contributed by atoms with Gasteiger partial charge in [-0.2, -0.15) is 0 Å². The monoisotopic (exact) mass is 418 g/mol. The molecule has 6 nitrogen and oxygen atoms in total. The van der Waals surface area contributed by atoms with Crippen LogP contribution in [0.1, 0.15) is 31.2 Å². The molecular weight excluding hydrogens is 396 g/mol. The van der Waals surface area contributed by atoms with E-state index in [0.29, 0.717) is 40.0 Å². The number of hydrogen-bond donors (Lipinski definition) is 1. The summed E-state index contributed by atoms with van der Waals surface area (Å²) in [6.45, 7) is 5.05. The molecule has 0 atom stereocenters. The summed E-state index contributed by atoms with van der Waals surface area (Å²) in [6, 6.07) is 15.4. The fourth-order valence-electron chi connectivity index (χ4n) is 2.45. The lowest BCUT2D eigenvalue weighted by Gasteiger charge is -2.09. The number of nitrogens with zero attached hydrogens (tertiary/aromatic N) is 3. The van der Waals surface area contributed by atoms with Gasteiger partial charge in [0.15, 0.2) is 5.82 Å². The van der Waals surface area contributed by atoms with Crippen molar-refractivity contribution in [3.63, 3.8) is 0 Å². The minimum absolute atomic E-state index is 0.251. The number of rotatable bonds is 9. The van der Waals surface area contributed by atoms with Crippen molar-refractivity contribution in [2.45, 2.75) is 31.5 Å². The predicted molar refractivity (Wildman–Crippen MR) is 113 cm³/mol. The van der Waals surface area contributed by atoms with Crippen molar-refractivity contribution in [1.29, 1.82) is 0 Å². The molecule has 3 aromatic rings. The Kier molecular flexibility index (Phi) is 7.06. The predicted octanol–water partition coefficient (Wildman–Crippen LogP) is 4.52. The highest BCUT2D eigenvalue weighted by molar-refractivity contribution is 7.99. The smallest absolute Gasteiger partial charge is 0.210 e. The van der Waals surface area contributed by atoms with E-state index in [1.165, 1.54) is 22.0 Å². The third-order valence-corrected chi connectivity index (χ3v) is 5.28. The first kappa shape index (κ1) is 20.4. The van der Waals surface area contributed by atoms with Crippen LogP contribution in [-0.4, -0.2) is 27.2 Å². The number of nitrogen functional groups attached to an aromatic ring is 1. The minimum Gasteiger partial charge on any atom is -0.491 e. The Morgan fingerprint density at radius 3 is 2.54 bits per heavy atom. The van der Waals surface area contributed by atoms with Crippen LogP contribution in [0.2, 0.25) is 5.02 Å². The Morgan fingerprint density at radius 2 is 1.82 bits per heavy atom. The molecule has 0 aliphatic heterocycles. The molecule has 0 saturated carbocycles. The molecule has 0 fully saturated rings. The van der Waals surface area contributed by atoms with Gasteiger partial charge in [0.05, 0.1) is 11.6 Å². The maximum Gasteiger partial charge on any atom is 0.210 e. The van der Waals surface area contributed by atoms with E-state index in [4.69, 9.17) is 26.9 Å². The van der Waals surface area contributed by atoms with Crippen LogP contribution in [0, 0.1) is 0 Å². The van der Waals surface area contributed by atoms with E-state index in [-0.39, 0.29) is 6.61 Å². The van der Waals surface area contributed by atoms with Gasteiger partial charge < -0.3 is 15.3 Å². The largest absolute Gasteiger partial charge is 0.491 e. The average molecular weight is 419 g/mol. The van der Waals surface area contributed by atoms with E-state index in [2.05, 4.69) is 36.2 Å². The molecule has 8 heteroatoms. The summed E-state index contributed by atoms with van der Waals surface area (Å²) in [5.41, 5.74) is 1.27. The van der Waals surface area contributed by atoms with Crippen molar-refractivity contribution in [3.05, 3.63) is 64.9 Å². The molecule has 3 rings (SSSR count). The van der Waals surface area contributed by atoms with Crippen LogP contribution in [-0.2, 0) is 6.61 Å². The van der Waals surface area contributed by atoms with Gasteiger partial charge in [-0.3, -0.25) is 0 Å². The van der Waals surface area contributed by atoms with Crippen molar-refractivity contribution in [3.8, 4) is 11.5 Å². The number of nitrogens with two attached hydrogens (primary N) is 1. The maximum atomic E-state index is 6.08. The van der Waals surface area contributed by atoms with E-state index < -0.39 is 0 Å². The van der Waals surface area contributed by atoms with Crippen molar-refractivity contribution in [2.75, 3.05) is 18.2 Å². The van der Waals surface area contributed by atoms with Crippen LogP contribution in [0.3, 0.4) is 0 Å². The molecule has 0 aliphatic carbocycles. The number of benzene rings is 2. The van der Waals surface area contributed by atoms with Gasteiger partial charge in [0.2, 0.25) is 5.16 Å². The Hall–Kier alpha value is -2.38. The Morgan fingerprint density at radius 1 is 1.07 bits per heavy atom. The lowest BCUT2D eigenvalue weighted by Crippen LogP contribution is -2.16. The van der Waals surface area contributed by atoms with E-state index in [1.54, 1.807) is 6.07 Å². The van der Waals surface area contributed by atoms with Crippen LogP contribution in [0.5, 0.6) is 11.5 Å². The highest BCUT2D eigenvalue weighted by Crippen LogP contribution is 2.24. The van der Waals surface area contributed by atoms with Gasteiger partial charge in [0, 0.05) is 5.75 Å². The first-order valence-electron chi connectivity index (χ1n) is 8.97. The molecule has 0 saturated heterocycles. The topological polar surface area (TPSA) is 75.2 Å². The molecule has 0 bridgehead atoms. The summed E-state index contributed by atoms with van der Waals surface area (Å²) in [4.78, 5) is 0. The van der Waals surface area contributed by atoms with Crippen LogP contribution in [0.25, 0.3) is 0 Å². The van der Waals surface area contributed by atoms with Crippen LogP contribution in [0.15, 0.2) is 53.7 Å². The zero-order chi connectivity index (χ0) is 19.9. The molecule has 0 radical (unpaired) electrons. The molecule has 0 unspecified atom stereocenters. The summed E-state index contributed by atoms with van der Waals surface area (Å²) < 4.78 is 12.9. The van der Waals surface area contributed by atoms with E-state index in [1.807, 2.05) is 30.3 Å². The molecule has 28 heavy (non-hydrogen) atoms. The second kappa shape index (κ2) is 9.71. The van der Waals surface area contributed by atoms with Gasteiger partial charge in [-0.05, 0) is 35.7 Å². The maximum absolute atomic E-state index is 6.08. The zero-order valence-electron chi connectivity index (χ0n) is 15.8. The highest BCUT2D eigenvalue weighted by atomic mass is 35.5. The van der Waals surface area contributed by atoms with Gasteiger partial charge in [-0.1, -0.05) is 61.5 Å². The molecule has 148 valence electrons. The van der Waals surface area contributed by atoms with Gasteiger partial charge in [0.25, 0.3) is 0 Å². The number of hydrogen-bond acceptors (Lipinski definition) is 6. The molecule has 0 spiro atoms. The molecule has 1 heterocycles. The third kappa shape index (κ3) is 5.33. The van der Waals surface area contributed by atoms with Crippen LogP contribution >= 0.6 is 23.4 Å². The van der Waals surface area contributed by atoms with E-state index in [0.717, 1.165) is 5.75 Å². The van der Waals surface area contributed by atoms with Crippen molar-refractivity contribution in [2.24, 2.45) is 0 Å². The fraction of sp³-hybridized carbons (Fsp3) is 0.300. The van der Waals surface area contributed by atoms with Crippen molar-refractivity contribution < 1.29 is 9.47 Å². The Bertz CT molecular complexity index is 899. The first-order valence-corrected chi connectivity index (χ1v) is 10.3. The second-order valence-electron chi connectivity index (χ2n) is 6.41. The number of aromatic nitrogens is 3. The standard InChI is InChI=1S/C20H23ClN4O2S/c1-14(2)15-7-9-16(10-8-15)27-13-19-23-24-20(25(19)22)28-12-11-26-18-6-4-3-5-17(18)21/h3-10,14H,11-13,22H2,1-2H3. The van der Waals surface area contributed by atoms with Crippen molar-refractivity contribution in [1.82, 2.24) is 14.9 Å². The van der Waals surface area contributed by atoms with Gasteiger partial charge in [0.1, 0.15) is 18.1 Å². The van der Waals surface area contributed by atoms with Gasteiger partial charge in [-0.25, -0.2) is 4.68 Å². The molecular formula is C20H23ClN4O2S. The quantitative estimate of drug-likeness (QED) is 0.313. The van der Waals surface area contributed by atoms with Crippen LogP contribution in [0.4, 0.5) is 0 Å². The number of thioether (sulfide) groups is 1. The lowest BCUT2D eigenvalue weighted by atomic mass is 10.0. The zero-order valence-corrected chi connectivity index (χ0v) is 17.4. The van der Waals surface area contributed by atoms with Gasteiger partial charge >= 0.3 is 0 Å². The van der Waals surface area contributed by atoms with Gasteiger partial charge in [-0.15, -0.1) is 10.2 Å². The summed E-state index contributed by atoms with van der Waals surface area (Å²) in [5, 5.41) is 9.43. The fourth-order valence-corrected chi connectivity index (χ4v) is 3.33. The third-order valence-electron chi connectivity index (χ3n) is 4.06. The van der Waals surface area contributed by atoms with E-state index >= 15 is 0 Å². The molecule has 2 N–H and O–H groups in total. The summed E-state index contributed by atoms with van der Waals surface area (Å²) >= 11 is 7.53. The normalized spacial score (nSPS) is 11.0. The lowest BCUT2D eigenvalue weighted by molar-refractivity contribution is 0.291.